The average molecular weight is 385 g/mol. The fourth-order valence-electron chi connectivity index (χ4n) is 3.36. The van der Waals surface area contributed by atoms with Crippen LogP contribution in [0.1, 0.15) is 17.4 Å². The lowest BCUT2D eigenvalue weighted by atomic mass is 10.1. The first-order valence-corrected chi connectivity index (χ1v) is 9.18. The van der Waals surface area contributed by atoms with Gasteiger partial charge < -0.3 is 25.4 Å². The average Bonchev–Trinajstić information content (AvgIpc) is 3.25. The second-order valence-corrected chi connectivity index (χ2v) is 6.94. The van der Waals surface area contributed by atoms with Gasteiger partial charge in [-0.25, -0.2) is 15.0 Å². The number of aromatic nitrogens is 4. The van der Waals surface area contributed by atoms with E-state index in [1.165, 1.54) is 23.8 Å². The van der Waals surface area contributed by atoms with Crippen LogP contribution in [0.25, 0.3) is 11.2 Å². The van der Waals surface area contributed by atoms with Crippen LogP contribution in [0.4, 0.5) is 5.82 Å². The Morgan fingerprint density at radius 3 is 2.61 bits per heavy atom. The van der Waals surface area contributed by atoms with Crippen LogP contribution < -0.4 is 5.32 Å². The number of aliphatic hydroxyl groups is 3. The summed E-state index contributed by atoms with van der Waals surface area (Å²) in [7, 11) is 0. The summed E-state index contributed by atoms with van der Waals surface area (Å²) in [6, 6.07) is 8.37. The first-order valence-electron chi connectivity index (χ1n) is 9.18. The molecule has 0 radical (unpaired) electrons. The number of hydrogen-bond donors (Lipinski definition) is 4. The van der Waals surface area contributed by atoms with Crippen molar-refractivity contribution < 1.29 is 20.1 Å². The molecule has 1 aromatic carbocycles. The third-order valence-corrected chi connectivity index (χ3v) is 4.98. The molecule has 3 heterocycles. The summed E-state index contributed by atoms with van der Waals surface area (Å²) in [5.74, 6) is 0.586. The van der Waals surface area contributed by atoms with Crippen molar-refractivity contribution in [3.8, 4) is 0 Å². The van der Waals surface area contributed by atoms with Crippen molar-refractivity contribution in [2.75, 3.05) is 18.5 Å². The number of aliphatic hydroxyl groups excluding tert-OH is 3. The Morgan fingerprint density at radius 2 is 1.89 bits per heavy atom. The van der Waals surface area contributed by atoms with Crippen LogP contribution in [0.15, 0.2) is 36.9 Å². The van der Waals surface area contributed by atoms with E-state index in [-0.39, 0.29) is 6.61 Å². The van der Waals surface area contributed by atoms with Crippen LogP contribution in [0.3, 0.4) is 0 Å². The summed E-state index contributed by atoms with van der Waals surface area (Å²) in [5.41, 5.74) is 3.47. The van der Waals surface area contributed by atoms with Crippen molar-refractivity contribution in [2.45, 2.75) is 37.9 Å². The molecule has 1 aliphatic rings. The van der Waals surface area contributed by atoms with Crippen molar-refractivity contribution in [1.29, 1.82) is 0 Å². The van der Waals surface area contributed by atoms with Gasteiger partial charge in [0.05, 0.1) is 12.9 Å². The van der Waals surface area contributed by atoms with Gasteiger partial charge in [0.2, 0.25) is 0 Å². The van der Waals surface area contributed by atoms with Gasteiger partial charge in [-0.15, -0.1) is 0 Å². The molecular formula is C19H23N5O4. The molecular weight excluding hydrogens is 362 g/mol. The van der Waals surface area contributed by atoms with Gasteiger partial charge in [-0.3, -0.25) is 4.57 Å². The van der Waals surface area contributed by atoms with Crippen LogP contribution in [0.5, 0.6) is 0 Å². The molecule has 0 amide bonds. The van der Waals surface area contributed by atoms with Crippen LogP contribution in [-0.2, 0) is 11.2 Å². The third kappa shape index (κ3) is 3.45. The Balaban J connectivity index is 1.51. The minimum atomic E-state index is -1.19. The molecule has 9 heteroatoms. The van der Waals surface area contributed by atoms with Gasteiger partial charge >= 0.3 is 0 Å². The van der Waals surface area contributed by atoms with Crippen molar-refractivity contribution in [2.24, 2.45) is 0 Å². The molecule has 4 N–H and O–H groups in total. The van der Waals surface area contributed by atoms with E-state index in [0.29, 0.717) is 23.5 Å². The van der Waals surface area contributed by atoms with Crippen LogP contribution >= 0.6 is 0 Å². The predicted octanol–water partition coefficient (Wildman–Crippen LogP) is 0.401. The van der Waals surface area contributed by atoms with Crippen molar-refractivity contribution in [3.63, 3.8) is 0 Å². The Hall–Kier alpha value is -2.59. The predicted molar refractivity (Wildman–Crippen MR) is 102 cm³/mol. The number of nitrogens with one attached hydrogen (secondary N) is 1. The third-order valence-electron chi connectivity index (χ3n) is 4.98. The molecule has 1 aliphatic heterocycles. The van der Waals surface area contributed by atoms with Crippen LogP contribution in [-0.4, -0.2) is 66.3 Å². The lowest BCUT2D eigenvalue weighted by molar-refractivity contribution is -0.0511. The highest BCUT2D eigenvalue weighted by atomic mass is 16.6. The van der Waals surface area contributed by atoms with Crippen molar-refractivity contribution in [1.82, 2.24) is 19.5 Å². The summed E-state index contributed by atoms with van der Waals surface area (Å²) in [4.78, 5) is 12.9. The standard InChI is InChI=1S/C19H23N5O4/c1-11-2-4-12(5-3-11)6-7-20-17-14-18(22-9-21-17)24(10-23-14)19-16(27)15(26)13(8-25)28-19/h2-5,9-10,13,15-16,19,25-27H,6-8H2,1H3,(H,20,21,22)/t13-,15-,16-,19?/m1/s1. The van der Waals surface area contributed by atoms with Crippen LogP contribution in [0.2, 0.25) is 0 Å². The topological polar surface area (TPSA) is 126 Å². The molecule has 9 nitrogen and oxygen atoms in total. The number of ether oxygens (including phenoxy) is 1. The zero-order valence-electron chi connectivity index (χ0n) is 15.4. The number of rotatable bonds is 6. The van der Waals surface area contributed by atoms with E-state index in [4.69, 9.17) is 4.74 Å². The Kier molecular flexibility index (Phi) is 5.23. The molecule has 148 valence electrons. The highest BCUT2D eigenvalue weighted by Gasteiger charge is 2.44. The molecule has 1 unspecified atom stereocenters. The number of imidazole rings is 1. The molecule has 0 saturated carbocycles. The van der Waals surface area contributed by atoms with E-state index >= 15 is 0 Å². The summed E-state index contributed by atoms with van der Waals surface area (Å²) in [6.07, 6.45) is -0.370. The van der Waals surface area contributed by atoms with Crippen molar-refractivity contribution in [3.05, 3.63) is 48.0 Å². The number of hydrogen-bond acceptors (Lipinski definition) is 8. The van der Waals surface area contributed by atoms with E-state index in [2.05, 4.69) is 51.5 Å². The molecule has 2 aromatic heterocycles. The Morgan fingerprint density at radius 1 is 1.11 bits per heavy atom. The number of benzene rings is 1. The van der Waals surface area contributed by atoms with Gasteiger partial charge in [-0.2, -0.15) is 0 Å². The van der Waals surface area contributed by atoms with Crippen LogP contribution in [0, 0.1) is 6.92 Å². The molecule has 4 atom stereocenters. The van der Waals surface area contributed by atoms with E-state index < -0.39 is 24.5 Å². The van der Waals surface area contributed by atoms with E-state index in [9.17, 15) is 15.3 Å². The zero-order chi connectivity index (χ0) is 19.7. The quantitative estimate of drug-likeness (QED) is 0.481. The number of fused-ring (bicyclic) bond motifs is 1. The molecule has 0 aliphatic carbocycles. The first-order chi connectivity index (χ1) is 13.6. The molecule has 1 fully saturated rings. The summed E-state index contributed by atoms with van der Waals surface area (Å²) in [6.45, 7) is 2.35. The molecule has 0 spiro atoms. The molecule has 28 heavy (non-hydrogen) atoms. The molecule has 3 aromatic rings. The van der Waals surface area contributed by atoms with Gasteiger partial charge in [0.25, 0.3) is 0 Å². The van der Waals surface area contributed by atoms with Gasteiger partial charge in [-0.1, -0.05) is 29.8 Å². The smallest absolute Gasteiger partial charge is 0.167 e. The van der Waals surface area contributed by atoms with E-state index in [1.807, 2.05) is 0 Å². The SMILES string of the molecule is Cc1ccc(CCNc2ncnc3c2ncn3C2O[C@H](CO)[C@@H](O)[C@H]2O)cc1. The largest absolute Gasteiger partial charge is 0.394 e. The lowest BCUT2D eigenvalue weighted by Gasteiger charge is -2.16. The summed E-state index contributed by atoms with van der Waals surface area (Å²) < 4.78 is 7.12. The lowest BCUT2D eigenvalue weighted by Crippen LogP contribution is -2.33. The Labute approximate surface area is 161 Å². The van der Waals surface area contributed by atoms with E-state index in [1.54, 1.807) is 4.57 Å². The highest BCUT2D eigenvalue weighted by Crippen LogP contribution is 2.32. The van der Waals surface area contributed by atoms with Crippen molar-refractivity contribution >= 4 is 17.0 Å². The molecule has 0 bridgehead atoms. The summed E-state index contributed by atoms with van der Waals surface area (Å²) in [5, 5.41) is 32.8. The first kappa shape index (κ1) is 18.8. The van der Waals surface area contributed by atoms with Gasteiger partial charge in [-0.05, 0) is 18.9 Å². The monoisotopic (exact) mass is 385 g/mol. The van der Waals surface area contributed by atoms with Gasteiger partial charge in [0, 0.05) is 6.54 Å². The second-order valence-electron chi connectivity index (χ2n) is 6.94. The maximum Gasteiger partial charge on any atom is 0.167 e. The fraction of sp³-hybridized carbons (Fsp3) is 0.421. The maximum absolute atomic E-state index is 10.3. The second kappa shape index (κ2) is 7.80. The Bertz CT molecular complexity index is 945. The van der Waals surface area contributed by atoms with E-state index in [0.717, 1.165) is 6.42 Å². The minimum absolute atomic E-state index is 0.387. The molecule has 4 rings (SSSR count). The maximum atomic E-state index is 10.3. The molecule has 1 saturated heterocycles. The number of aryl methyl sites for hydroxylation is 1. The minimum Gasteiger partial charge on any atom is -0.394 e. The number of nitrogens with zero attached hydrogens (tertiary/aromatic N) is 4. The highest BCUT2D eigenvalue weighted by molar-refractivity contribution is 5.82. The van der Waals surface area contributed by atoms with Gasteiger partial charge in [0.1, 0.15) is 24.6 Å². The zero-order valence-corrected chi connectivity index (χ0v) is 15.4. The van der Waals surface area contributed by atoms with Gasteiger partial charge in [0.15, 0.2) is 23.2 Å². The fourth-order valence-corrected chi connectivity index (χ4v) is 3.36. The summed E-state index contributed by atoms with van der Waals surface area (Å²) >= 11 is 0. The number of anilines is 1. The normalized spacial score (nSPS) is 24.7.